The van der Waals surface area contributed by atoms with Gasteiger partial charge in [-0.1, -0.05) is 42.5 Å². The summed E-state index contributed by atoms with van der Waals surface area (Å²) in [7, 11) is 1.65. The molecule has 0 amide bonds. The minimum absolute atomic E-state index is 0.122. The number of hydrogen-bond donors (Lipinski definition) is 2. The number of ether oxygens (including phenoxy) is 2. The lowest BCUT2D eigenvalue weighted by atomic mass is 10.1. The van der Waals surface area contributed by atoms with Crippen molar-refractivity contribution in [3.05, 3.63) is 59.7 Å². The van der Waals surface area contributed by atoms with Crippen molar-refractivity contribution in [2.75, 3.05) is 26.9 Å². The van der Waals surface area contributed by atoms with Gasteiger partial charge in [0.1, 0.15) is 0 Å². The first-order valence-corrected chi connectivity index (χ1v) is 7.99. The van der Waals surface area contributed by atoms with Crippen LogP contribution in [0.3, 0.4) is 0 Å². The zero-order valence-electron chi connectivity index (χ0n) is 13.6. The van der Waals surface area contributed by atoms with Crippen molar-refractivity contribution in [2.45, 2.75) is 19.4 Å². The summed E-state index contributed by atoms with van der Waals surface area (Å²) in [6.45, 7) is 1.97. The number of para-hydroxylation sites is 1. The molecule has 0 unspecified atom stereocenters. The summed E-state index contributed by atoms with van der Waals surface area (Å²) in [5, 5.41) is 12.1. The first-order valence-electron chi connectivity index (χ1n) is 7.99. The van der Waals surface area contributed by atoms with E-state index in [1.807, 2.05) is 24.3 Å². The van der Waals surface area contributed by atoms with Gasteiger partial charge in [-0.3, -0.25) is 0 Å². The van der Waals surface area contributed by atoms with Crippen LogP contribution in [0, 0.1) is 0 Å². The molecule has 2 aromatic rings. The second-order valence-corrected chi connectivity index (χ2v) is 5.29. The van der Waals surface area contributed by atoms with Crippen LogP contribution in [0.1, 0.15) is 17.5 Å². The van der Waals surface area contributed by atoms with E-state index in [4.69, 9.17) is 14.6 Å². The average Bonchev–Trinajstić information content (AvgIpc) is 2.60. The molecule has 4 heteroatoms. The van der Waals surface area contributed by atoms with E-state index in [0.29, 0.717) is 19.7 Å². The van der Waals surface area contributed by atoms with Gasteiger partial charge >= 0.3 is 0 Å². The Morgan fingerprint density at radius 3 is 2.61 bits per heavy atom. The first-order chi connectivity index (χ1) is 11.3. The number of aliphatic hydroxyl groups is 1. The highest BCUT2D eigenvalue weighted by atomic mass is 16.5. The Bertz CT molecular complexity index is 572. The highest BCUT2D eigenvalue weighted by molar-refractivity contribution is 5.46. The molecule has 124 valence electrons. The van der Waals surface area contributed by atoms with E-state index in [1.165, 1.54) is 5.56 Å². The van der Waals surface area contributed by atoms with Gasteiger partial charge in [0.25, 0.3) is 0 Å². The van der Waals surface area contributed by atoms with Crippen LogP contribution < -0.4 is 14.8 Å². The van der Waals surface area contributed by atoms with Crippen molar-refractivity contribution < 1.29 is 14.6 Å². The average molecular weight is 315 g/mol. The molecule has 0 saturated heterocycles. The Kier molecular flexibility index (Phi) is 7.43. The topological polar surface area (TPSA) is 50.7 Å². The van der Waals surface area contributed by atoms with Crippen molar-refractivity contribution in [2.24, 2.45) is 0 Å². The number of aryl methyl sites for hydroxylation is 1. The molecule has 0 aliphatic heterocycles. The lowest BCUT2D eigenvalue weighted by Gasteiger charge is -2.15. The molecular formula is C19H25NO3. The Labute approximate surface area is 138 Å². The SMILES string of the molecule is COc1cccc(CNCCO)c1OCCCc1ccccc1. The van der Waals surface area contributed by atoms with Gasteiger partial charge in [0.05, 0.1) is 20.3 Å². The molecule has 0 bridgehead atoms. The normalized spacial score (nSPS) is 10.5. The molecule has 2 rings (SSSR count). The van der Waals surface area contributed by atoms with Gasteiger partial charge in [-0.05, 0) is 24.5 Å². The molecule has 0 atom stereocenters. The summed E-state index contributed by atoms with van der Waals surface area (Å²) in [5.41, 5.74) is 2.36. The van der Waals surface area contributed by atoms with E-state index in [2.05, 4.69) is 29.6 Å². The van der Waals surface area contributed by atoms with Gasteiger partial charge in [-0.2, -0.15) is 0 Å². The third-order valence-electron chi connectivity index (χ3n) is 3.58. The van der Waals surface area contributed by atoms with E-state index < -0.39 is 0 Å². The predicted molar refractivity (Wildman–Crippen MR) is 92.0 cm³/mol. The molecule has 2 aromatic carbocycles. The molecule has 4 nitrogen and oxygen atoms in total. The van der Waals surface area contributed by atoms with Crippen LogP contribution in [0.5, 0.6) is 11.5 Å². The van der Waals surface area contributed by atoms with E-state index in [0.717, 1.165) is 29.9 Å². The van der Waals surface area contributed by atoms with Crippen LogP contribution in [0.4, 0.5) is 0 Å². The standard InChI is InChI=1S/C19H25NO3/c1-22-18-11-5-10-17(15-20-12-13-21)19(18)23-14-6-9-16-7-3-2-4-8-16/h2-5,7-8,10-11,20-21H,6,9,12-15H2,1H3. The fourth-order valence-corrected chi connectivity index (χ4v) is 2.42. The lowest BCUT2D eigenvalue weighted by molar-refractivity contribution is 0.281. The molecule has 0 aliphatic carbocycles. The molecule has 0 saturated carbocycles. The Morgan fingerprint density at radius 2 is 1.87 bits per heavy atom. The number of methoxy groups -OCH3 is 1. The van der Waals surface area contributed by atoms with Gasteiger partial charge < -0.3 is 19.9 Å². The summed E-state index contributed by atoms with van der Waals surface area (Å²) >= 11 is 0. The molecule has 0 heterocycles. The number of rotatable bonds is 10. The minimum Gasteiger partial charge on any atom is -0.493 e. The maximum Gasteiger partial charge on any atom is 0.165 e. The third kappa shape index (κ3) is 5.58. The summed E-state index contributed by atoms with van der Waals surface area (Å²) in [4.78, 5) is 0. The molecule has 0 radical (unpaired) electrons. The highest BCUT2D eigenvalue weighted by Crippen LogP contribution is 2.31. The fourth-order valence-electron chi connectivity index (χ4n) is 2.42. The van der Waals surface area contributed by atoms with Gasteiger partial charge in [0, 0.05) is 18.7 Å². The van der Waals surface area contributed by atoms with Crippen molar-refractivity contribution >= 4 is 0 Å². The second kappa shape index (κ2) is 9.87. The summed E-state index contributed by atoms with van der Waals surface area (Å²) in [6, 6.07) is 16.3. The number of hydrogen-bond acceptors (Lipinski definition) is 4. The lowest BCUT2D eigenvalue weighted by Crippen LogP contribution is -2.18. The van der Waals surface area contributed by atoms with Crippen molar-refractivity contribution in [1.29, 1.82) is 0 Å². The largest absolute Gasteiger partial charge is 0.493 e. The second-order valence-electron chi connectivity index (χ2n) is 5.29. The minimum atomic E-state index is 0.122. The summed E-state index contributed by atoms with van der Waals surface area (Å²) in [6.07, 6.45) is 1.94. The third-order valence-corrected chi connectivity index (χ3v) is 3.58. The zero-order valence-corrected chi connectivity index (χ0v) is 13.6. The molecular weight excluding hydrogens is 290 g/mol. The molecule has 0 fully saturated rings. The van der Waals surface area contributed by atoms with Crippen LogP contribution in [0.25, 0.3) is 0 Å². The van der Waals surface area contributed by atoms with Crippen molar-refractivity contribution in [1.82, 2.24) is 5.32 Å². The Hall–Kier alpha value is -2.04. The van der Waals surface area contributed by atoms with Crippen LogP contribution >= 0.6 is 0 Å². The monoisotopic (exact) mass is 315 g/mol. The Morgan fingerprint density at radius 1 is 1.04 bits per heavy atom. The number of benzene rings is 2. The summed E-state index contributed by atoms with van der Waals surface area (Å²) < 4.78 is 11.4. The molecule has 0 aliphatic rings. The van der Waals surface area contributed by atoms with Gasteiger partial charge in [-0.15, -0.1) is 0 Å². The number of aliphatic hydroxyl groups excluding tert-OH is 1. The van der Waals surface area contributed by atoms with Crippen molar-refractivity contribution in [3.63, 3.8) is 0 Å². The van der Waals surface area contributed by atoms with Crippen LogP contribution in [0.15, 0.2) is 48.5 Å². The smallest absolute Gasteiger partial charge is 0.165 e. The predicted octanol–water partition coefficient (Wildman–Crippen LogP) is 2.79. The first kappa shape index (κ1) is 17.3. The highest BCUT2D eigenvalue weighted by Gasteiger charge is 2.10. The van der Waals surface area contributed by atoms with E-state index in [1.54, 1.807) is 7.11 Å². The van der Waals surface area contributed by atoms with E-state index in [-0.39, 0.29) is 6.61 Å². The van der Waals surface area contributed by atoms with Crippen molar-refractivity contribution in [3.8, 4) is 11.5 Å². The molecule has 0 spiro atoms. The molecule has 23 heavy (non-hydrogen) atoms. The molecule has 2 N–H and O–H groups in total. The van der Waals surface area contributed by atoms with E-state index >= 15 is 0 Å². The number of nitrogens with one attached hydrogen (secondary N) is 1. The van der Waals surface area contributed by atoms with Crippen LogP contribution in [-0.2, 0) is 13.0 Å². The maximum absolute atomic E-state index is 8.88. The zero-order chi connectivity index (χ0) is 16.3. The quantitative estimate of drug-likeness (QED) is 0.662. The van der Waals surface area contributed by atoms with Crippen LogP contribution in [-0.4, -0.2) is 32.0 Å². The van der Waals surface area contributed by atoms with Gasteiger partial charge in [-0.25, -0.2) is 0 Å². The van der Waals surface area contributed by atoms with Crippen LogP contribution in [0.2, 0.25) is 0 Å². The van der Waals surface area contributed by atoms with Gasteiger partial charge in [0.15, 0.2) is 11.5 Å². The fraction of sp³-hybridized carbons (Fsp3) is 0.368. The summed E-state index contributed by atoms with van der Waals surface area (Å²) in [5.74, 6) is 1.53. The molecule has 0 aromatic heterocycles. The Balaban J connectivity index is 1.91. The van der Waals surface area contributed by atoms with Gasteiger partial charge in [0.2, 0.25) is 0 Å². The van der Waals surface area contributed by atoms with E-state index in [9.17, 15) is 0 Å². The maximum atomic E-state index is 8.88.